The van der Waals surface area contributed by atoms with Crippen LogP contribution >= 0.6 is 0 Å². The van der Waals surface area contributed by atoms with Gasteiger partial charge in [0.05, 0.1) is 6.04 Å². The van der Waals surface area contributed by atoms with E-state index in [-0.39, 0.29) is 11.8 Å². The van der Waals surface area contributed by atoms with E-state index in [9.17, 15) is 9.59 Å². The number of benzene rings is 1. The first-order valence-corrected chi connectivity index (χ1v) is 8.29. The molecule has 4 N–H and O–H groups in total. The van der Waals surface area contributed by atoms with Gasteiger partial charge in [-0.3, -0.25) is 19.9 Å². The monoisotopic (exact) mass is 318 g/mol. The van der Waals surface area contributed by atoms with Gasteiger partial charge < -0.3 is 5.73 Å². The van der Waals surface area contributed by atoms with Crippen molar-refractivity contribution < 1.29 is 9.59 Å². The zero-order valence-corrected chi connectivity index (χ0v) is 13.8. The molecule has 2 amide bonds. The number of nitrogens with zero attached hydrogens (tertiary/aromatic N) is 1. The van der Waals surface area contributed by atoms with Crippen LogP contribution in [0.3, 0.4) is 0 Å². The van der Waals surface area contributed by atoms with E-state index in [1.807, 2.05) is 31.2 Å². The number of fused-ring (bicyclic) bond motifs is 1. The molecule has 1 heterocycles. The molecule has 0 spiro atoms. The lowest BCUT2D eigenvalue weighted by atomic mass is 10.1. The number of hydrogen-bond donors (Lipinski definition) is 3. The van der Waals surface area contributed by atoms with Gasteiger partial charge in [-0.1, -0.05) is 38.5 Å². The normalized spacial score (nSPS) is 17.7. The number of para-hydroxylation sites is 1. The minimum Gasteiger partial charge on any atom is -0.320 e. The van der Waals surface area contributed by atoms with Crippen LogP contribution in [0, 0.1) is 0 Å². The number of unbranched alkanes of at least 4 members (excludes halogenated alkanes) is 1. The molecule has 1 aliphatic heterocycles. The Morgan fingerprint density at radius 1 is 1.35 bits per heavy atom. The standard InChI is InChI=1S/C17H26N4O2/c1-3-5-10-19-20-16(22)15-11-12-8-6-7-9-14(12)21(15)17(23)13(18)4-2/h6-9,13,15,19H,3-5,10-11,18H2,1-2H3,(H,20,22)/t13-,15-/m0/s1. The van der Waals surface area contributed by atoms with Crippen LogP contribution < -0.4 is 21.5 Å². The first-order chi connectivity index (χ1) is 11.1. The molecule has 2 atom stereocenters. The van der Waals surface area contributed by atoms with Gasteiger partial charge in [0.2, 0.25) is 5.91 Å². The van der Waals surface area contributed by atoms with Crippen LogP contribution in [0.2, 0.25) is 0 Å². The Hall–Kier alpha value is -1.92. The summed E-state index contributed by atoms with van der Waals surface area (Å²) >= 11 is 0. The van der Waals surface area contributed by atoms with Gasteiger partial charge in [0, 0.05) is 18.7 Å². The Labute approximate surface area is 137 Å². The maximum Gasteiger partial charge on any atom is 0.257 e. The number of hydrazine groups is 1. The summed E-state index contributed by atoms with van der Waals surface area (Å²) in [6, 6.07) is 6.46. The number of hydrogen-bond acceptors (Lipinski definition) is 4. The number of rotatable bonds is 7. The number of nitrogens with one attached hydrogen (secondary N) is 2. The Bertz CT molecular complexity index is 561. The molecule has 0 bridgehead atoms. The third kappa shape index (κ3) is 3.89. The first-order valence-electron chi connectivity index (χ1n) is 8.29. The van der Waals surface area contributed by atoms with Crippen molar-refractivity contribution in [2.75, 3.05) is 11.4 Å². The zero-order chi connectivity index (χ0) is 16.8. The van der Waals surface area contributed by atoms with E-state index in [2.05, 4.69) is 17.8 Å². The molecule has 1 aromatic carbocycles. The summed E-state index contributed by atoms with van der Waals surface area (Å²) < 4.78 is 0. The number of carbonyl (C=O) groups excluding carboxylic acids is 2. The van der Waals surface area contributed by atoms with Gasteiger partial charge in [-0.05, 0) is 24.5 Å². The van der Waals surface area contributed by atoms with Crippen LogP contribution in [-0.4, -0.2) is 30.4 Å². The summed E-state index contributed by atoms with van der Waals surface area (Å²) in [6.45, 7) is 4.67. The van der Waals surface area contributed by atoms with Crippen LogP contribution in [0.5, 0.6) is 0 Å². The van der Waals surface area contributed by atoms with Crippen molar-refractivity contribution in [2.45, 2.75) is 51.6 Å². The zero-order valence-electron chi connectivity index (χ0n) is 13.8. The molecule has 6 heteroatoms. The van der Waals surface area contributed by atoms with E-state index in [4.69, 9.17) is 5.73 Å². The minimum absolute atomic E-state index is 0.200. The Morgan fingerprint density at radius 3 is 2.78 bits per heavy atom. The number of carbonyl (C=O) groups is 2. The SMILES string of the molecule is CCCCNNC(=O)[C@@H]1Cc2ccccc2N1C(=O)[C@@H](N)CC. The maximum atomic E-state index is 12.6. The van der Waals surface area contributed by atoms with Crippen LogP contribution in [0.1, 0.15) is 38.7 Å². The van der Waals surface area contributed by atoms with E-state index in [0.717, 1.165) is 24.1 Å². The van der Waals surface area contributed by atoms with E-state index in [1.165, 1.54) is 0 Å². The van der Waals surface area contributed by atoms with Gasteiger partial charge in [-0.25, -0.2) is 5.43 Å². The highest BCUT2D eigenvalue weighted by atomic mass is 16.2. The Kier molecular flexibility index (Phi) is 6.12. The summed E-state index contributed by atoms with van der Waals surface area (Å²) in [5.74, 6) is -0.403. The second-order valence-corrected chi connectivity index (χ2v) is 5.84. The third-order valence-corrected chi connectivity index (χ3v) is 4.14. The molecule has 1 aliphatic rings. The lowest BCUT2D eigenvalue weighted by molar-refractivity contribution is -0.127. The molecular formula is C17H26N4O2. The van der Waals surface area contributed by atoms with Crippen molar-refractivity contribution in [3.05, 3.63) is 29.8 Å². The summed E-state index contributed by atoms with van der Waals surface area (Å²) in [5, 5.41) is 0. The molecule has 0 saturated carbocycles. The lowest BCUT2D eigenvalue weighted by Gasteiger charge is -2.27. The molecule has 23 heavy (non-hydrogen) atoms. The van der Waals surface area contributed by atoms with Crippen molar-refractivity contribution in [3.8, 4) is 0 Å². The second-order valence-electron chi connectivity index (χ2n) is 5.84. The molecule has 2 rings (SSSR count). The van der Waals surface area contributed by atoms with E-state index >= 15 is 0 Å². The predicted octanol–water partition coefficient (Wildman–Crippen LogP) is 1.10. The molecule has 0 fully saturated rings. The fraction of sp³-hybridized carbons (Fsp3) is 0.529. The quantitative estimate of drug-likeness (QED) is 0.519. The predicted molar refractivity (Wildman–Crippen MR) is 90.7 cm³/mol. The van der Waals surface area contributed by atoms with Gasteiger partial charge in [0.25, 0.3) is 5.91 Å². The maximum absolute atomic E-state index is 12.6. The molecule has 0 unspecified atom stereocenters. The summed E-state index contributed by atoms with van der Waals surface area (Å²) in [5.41, 5.74) is 13.3. The third-order valence-electron chi connectivity index (χ3n) is 4.14. The lowest BCUT2D eigenvalue weighted by Crippen LogP contribution is -2.55. The van der Waals surface area contributed by atoms with Gasteiger partial charge in [-0.2, -0.15) is 0 Å². The van der Waals surface area contributed by atoms with E-state index in [1.54, 1.807) is 4.90 Å². The topological polar surface area (TPSA) is 87.5 Å². The van der Waals surface area contributed by atoms with Crippen molar-refractivity contribution in [1.29, 1.82) is 0 Å². The molecule has 0 radical (unpaired) electrons. The van der Waals surface area contributed by atoms with Crippen LogP contribution in [0.4, 0.5) is 5.69 Å². The van der Waals surface area contributed by atoms with Crippen LogP contribution in [-0.2, 0) is 16.0 Å². The minimum atomic E-state index is -0.593. The van der Waals surface area contributed by atoms with Crippen molar-refractivity contribution >= 4 is 17.5 Å². The summed E-state index contributed by atoms with van der Waals surface area (Å²) in [6.07, 6.45) is 3.09. The Balaban J connectivity index is 2.15. The highest BCUT2D eigenvalue weighted by molar-refractivity contribution is 6.05. The van der Waals surface area contributed by atoms with Gasteiger partial charge in [-0.15, -0.1) is 0 Å². The van der Waals surface area contributed by atoms with Crippen LogP contribution in [0.15, 0.2) is 24.3 Å². The molecule has 1 aromatic rings. The molecular weight excluding hydrogens is 292 g/mol. The second kappa shape index (κ2) is 8.08. The highest BCUT2D eigenvalue weighted by Gasteiger charge is 2.39. The van der Waals surface area contributed by atoms with Crippen molar-refractivity contribution in [1.82, 2.24) is 10.9 Å². The van der Waals surface area contributed by atoms with E-state index in [0.29, 0.717) is 19.4 Å². The van der Waals surface area contributed by atoms with Gasteiger partial charge in [0.1, 0.15) is 6.04 Å². The van der Waals surface area contributed by atoms with E-state index < -0.39 is 12.1 Å². The number of amides is 2. The Morgan fingerprint density at radius 2 is 2.09 bits per heavy atom. The van der Waals surface area contributed by atoms with Gasteiger partial charge >= 0.3 is 0 Å². The molecule has 0 aliphatic carbocycles. The number of nitrogens with two attached hydrogens (primary N) is 1. The molecule has 126 valence electrons. The fourth-order valence-electron chi connectivity index (χ4n) is 2.72. The molecule has 0 saturated heterocycles. The first kappa shape index (κ1) is 17.4. The smallest absolute Gasteiger partial charge is 0.257 e. The van der Waals surface area contributed by atoms with Gasteiger partial charge in [0.15, 0.2) is 0 Å². The van der Waals surface area contributed by atoms with Crippen molar-refractivity contribution in [2.24, 2.45) is 5.73 Å². The van der Waals surface area contributed by atoms with Crippen molar-refractivity contribution in [3.63, 3.8) is 0 Å². The summed E-state index contributed by atoms with van der Waals surface area (Å²) in [4.78, 5) is 26.7. The largest absolute Gasteiger partial charge is 0.320 e. The molecule has 6 nitrogen and oxygen atoms in total. The molecule has 0 aromatic heterocycles. The average molecular weight is 318 g/mol. The number of anilines is 1. The highest BCUT2D eigenvalue weighted by Crippen LogP contribution is 2.32. The average Bonchev–Trinajstić information content (AvgIpc) is 2.96. The van der Waals surface area contributed by atoms with Crippen LogP contribution in [0.25, 0.3) is 0 Å². The fourth-order valence-corrected chi connectivity index (χ4v) is 2.72. The summed E-state index contributed by atoms with van der Waals surface area (Å²) in [7, 11) is 0.